The van der Waals surface area contributed by atoms with Crippen LogP contribution in [0.25, 0.3) is 0 Å². The molecule has 0 aromatic rings. The van der Waals surface area contributed by atoms with Gasteiger partial charge in [-0.15, -0.1) is 0 Å². The van der Waals surface area contributed by atoms with Crippen molar-refractivity contribution in [1.29, 1.82) is 0 Å². The fourth-order valence-electron chi connectivity index (χ4n) is 2.72. The van der Waals surface area contributed by atoms with Crippen LogP contribution in [-0.4, -0.2) is 44.7 Å². The third-order valence-electron chi connectivity index (χ3n) is 4.28. The van der Waals surface area contributed by atoms with Crippen molar-refractivity contribution in [2.45, 2.75) is 109 Å². The van der Waals surface area contributed by atoms with E-state index in [-0.39, 0.29) is 6.42 Å². The first-order valence-electron chi connectivity index (χ1n) is 9.25. The van der Waals surface area contributed by atoms with Crippen LogP contribution in [-0.2, 0) is 4.79 Å². The molecule has 0 spiro atoms. The van der Waals surface area contributed by atoms with E-state index in [4.69, 9.17) is 5.11 Å². The smallest absolute Gasteiger partial charge is 0.303 e. The van der Waals surface area contributed by atoms with Gasteiger partial charge < -0.3 is 20.4 Å². The Bertz CT molecular complexity index is 283. The zero-order valence-electron chi connectivity index (χ0n) is 14.6. The van der Waals surface area contributed by atoms with Gasteiger partial charge in [-0.1, -0.05) is 64.7 Å². The van der Waals surface area contributed by atoms with Crippen molar-refractivity contribution < 1.29 is 25.2 Å². The summed E-state index contributed by atoms with van der Waals surface area (Å²) in [5.41, 5.74) is 0. The highest BCUT2D eigenvalue weighted by Gasteiger charge is 2.23. The summed E-state index contributed by atoms with van der Waals surface area (Å²) < 4.78 is 0. The van der Waals surface area contributed by atoms with Gasteiger partial charge in [0.05, 0.1) is 12.2 Å². The summed E-state index contributed by atoms with van der Waals surface area (Å²) >= 11 is 0. The quantitative estimate of drug-likeness (QED) is 0.325. The predicted molar refractivity (Wildman–Crippen MR) is 91.4 cm³/mol. The molecule has 4 N–H and O–H groups in total. The van der Waals surface area contributed by atoms with E-state index in [2.05, 4.69) is 6.92 Å². The molecule has 0 heterocycles. The summed E-state index contributed by atoms with van der Waals surface area (Å²) in [6.45, 7) is 2.09. The van der Waals surface area contributed by atoms with Gasteiger partial charge in [0.15, 0.2) is 0 Å². The number of aliphatic hydroxyl groups excluding tert-OH is 3. The summed E-state index contributed by atoms with van der Waals surface area (Å²) in [6, 6.07) is 0. The third-order valence-corrected chi connectivity index (χ3v) is 4.28. The van der Waals surface area contributed by atoms with Crippen LogP contribution >= 0.6 is 0 Å². The second kappa shape index (κ2) is 14.9. The number of rotatable bonds is 16. The highest BCUT2D eigenvalue weighted by atomic mass is 16.4. The van der Waals surface area contributed by atoms with Gasteiger partial charge in [-0.2, -0.15) is 0 Å². The predicted octanol–water partition coefficient (Wildman–Crippen LogP) is 3.24. The van der Waals surface area contributed by atoms with E-state index in [9.17, 15) is 20.1 Å². The molecule has 0 saturated heterocycles. The molecule has 0 aromatic carbocycles. The highest BCUT2D eigenvalue weighted by molar-refractivity contribution is 5.66. The lowest BCUT2D eigenvalue weighted by Crippen LogP contribution is -2.37. The number of hydrogen-bond acceptors (Lipinski definition) is 4. The zero-order valence-corrected chi connectivity index (χ0v) is 14.6. The molecule has 0 aliphatic heterocycles. The Morgan fingerprint density at radius 2 is 1.17 bits per heavy atom. The van der Waals surface area contributed by atoms with Crippen LogP contribution in [0.15, 0.2) is 0 Å². The Hall–Kier alpha value is -0.650. The number of carboxylic acids is 1. The Morgan fingerprint density at radius 3 is 1.65 bits per heavy atom. The van der Waals surface area contributed by atoms with E-state index in [0.717, 1.165) is 64.2 Å². The molecule has 0 bridgehead atoms. The molecule has 0 fully saturated rings. The van der Waals surface area contributed by atoms with Gasteiger partial charge in [-0.25, -0.2) is 0 Å². The minimum Gasteiger partial charge on any atom is -0.481 e. The lowest BCUT2D eigenvalue weighted by atomic mass is 9.98. The summed E-state index contributed by atoms with van der Waals surface area (Å²) in [5.74, 6) is -0.727. The minimum atomic E-state index is -1.04. The fourth-order valence-corrected chi connectivity index (χ4v) is 2.72. The number of carboxylic acid groups (broad SMARTS) is 1. The normalized spacial score (nSPS) is 15.3. The van der Waals surface area contributed by atoms with Crippen LogP contribution in [0.1, 0.15) is 90.4 Å². The first-order chi connectivity index (χ1) is 11.0. The van der Waals surface area contributed by atoms with Gasteiger partial charge in [-0.3, -0.25) is 4.79 Å². The number of carbonyl (C=O) groups is 1. The monoisotopic (exact) mass is 332 g/mol. The first kappa shape index (κ1) is 22.4. The molecule has 23 heavy (non-hydrogen) atoms. The van der Waals surface area contributed by atoms with Crippen LogP contribution < -0.4 is 0 Å². The van der Waals surface area contributed by atoms with Crippen LogP contribution in [0.4, 0.5) is 0 Å². The Kier molecular flexibility index (Phi) is 14.5. The van der Waals surface area contributed by atoms with Crippen LogP contribution in [0.5, 0.6) is 0 Å². The molecule has 0 radical (unpaired) electrons. The van der Waals surface area contributed by atoms with Gasteiger partial charge >= 0.3 is 5.97 Å². The number of unbranched alkanes of at least 4 members (excludes halogenated alkanes) is 8. The molecule has 0 aliphatic carbocycles. The first-order valence-corrected chi connectivity index (χ1v) is 9.25. The fraction of sp³-hybridized carbons (Fsp3) is 0.944. The van der Waals surface area contributed by atoms with Crippen LogP contribution in [0.2, 0.25) is 0 Å². The van der Waals surface area contributed by atoms with E-state index in [1.165, 1.54) is 0 Å². The van der Waals surface area contributed by atoms with Crippen molar-refractivity contribution in [2.75, 3.05) is 0 Å². The molecule has 0 aromatic heterocycles. The second-order valence-corrected chi connectivity index (χ2v) is 6.53. The molecule has 0 unspecified atom stereocenters. The maximum Gasteiger partial charge on any atom is 0.303 e. The summed E-state index contributed by atoms with van der Waals surface area (Å²) in [7, 11) is 0. The molecule has 0 amide bonds. The largest absolute Gasteiger partial charge is 0.481 e. The Morgan fingerprint density at radius 1 is 0.739 bits per heavy atom. The topological polar surface area (TPSA) is 98.0 Å². The van der Waals surface area contributed by atoms with Crippen molar-refractivity contribution in [3.8, 4) is 0 Å². The van der Waals surface area contributed by atoms with E-state index in [0.29, 0.717) is 12.8 Å². The van der Waals surface area contributed by atoms with E-state index < -0.39 is 24.3 Å². The summed E-state index contributed by atoms with van der Waals surface area (Å²) in [4.78, 5) is 10.4. The molecule has 0 saturated carbocycles. The van der Waals surface area contributed by atoms with Gasteiger partial charge in [0, 0.05) is 6.42 Å². The van der Waals surface area contributed by atoms with Gasteiger partial charge in [-0.05, 0) is 19.3 Å². The second-order valence-electron chi connectivity index (χ2n) is 6.53. The van der Waals surface area contributed by atoms with Crippen molar-refractivity contribution in [2.24, 2.45) is 0 Å². The SMILES string of the molecule is CCCCC[C@H](O)[C@@H](O)[C@H](O)CCCCCCCCCC(=O)O. The summed E-state index contributed by atoms with van der Waals surface area (Å²) in [5, 5.41) is 38.1. The molecular formula is C18H36O5. The highest BCUT2D eigenvalue weighted by Crippen LogP contribution is 2.15. The molecule has 138 valence electrons. The molecule has 5 heteroatoms. The lowest BCUT2D eigenvalue weighted by molar-refractivity contribution is -0.137. The Balaban J connectivity index is 3.50. The van der Waals surface area contributed by atoms with E-state index in [1.807, 2.05) is 0 Å². The summed E-state index contributed by atoms with van der Waals surface area (Å²) in [6.07, 6.45) is 8.32. The van der Waals surface area contributed by atoms with Crippen molar-refractivity contribution >= 4 is 5.97 Å². The molecule has 0 rings (SSSR count). The third kappa shape index (κ3) is 13.5. The number of aliphatic hydroxyl groups is 3. The Labute approximate surface area is 140 Å². The van der Waals surface area contributed by atoms with Crippen molar-refractivity contribution in [3.63, 3.8) is 0 Å². The molecule has 0 aliphatic rings. The lowest BCUT2D eigenvalue weighted by Gasteiger charge is -2.23. The van der Waals surface area contributed by atoms with Crippen LogP contribution in [0.3, 0.4) is 0 Å². The van der Waals surface area contributed by atoms with Gasteiger partial charge in [0.25, 0.3) is 0 Å². The number of aliphatic carboxylic acids is 1. The minimum absolute atomic E-state index is 0.255. The molecule has 3 atom stereocenters. The molecule has 5 nitrogen and oxygen atoms in total. The van der Waals surface area contributed by atoms with Gasteiger partial charge in [0.1, 0.15) is 6.10 Å². The standard InChI is InChI=1S/C18H36O5/c1-2-3-9-12-15(19)18(23)16(20)13-10-7-5-4-6-8-11-14-17(21)22/h15-16,18-20,23H,2-14H2,1H3,(H,21,22)/t15-,16+,18+/m0/s1. The van der Waals surface area contributed by atoms with E-state index >= 15 is 0 Å². The van der Waals surface area contributed by atoms with Gasteiger partial charge in [0.2, 0.25) is 0 Å². The maximum atomic E-state index is 10.4. The van der Waals surface area contributed by atoms with E-state index in [1.54, 1.807) is 0 Å². The zero-order chi connectivity index (χ0) is 17.5. The maximum absolute atomic E-state index is 10.4. The number of hydrogen-bond donors (Lipinski definition) is 4. The van der Waals surface area contributed by atoms with Crippen LogP contribution in [0, 0.1) is 0 Å². The van der Waals surface area contributed by atoms with Crippen molar-refractivity contribution in [3.05, 3.63) is 0 Å². The van der Waals surface area contributed by atoms with Crippen molar-refractivity contribution in [1.82, 2.24) is 0 Å². The average molecular weight is 332 g/mol. The molecular weight excluding hydrogens is 296 g/mol. The average Bonchev–Trinajstić information content (AvgIpc) is 2.52.